The lowest BCUT2D eigenvalue weighted by Gasteiger charge is -2.34. The first-order chi connectivity index (χ1) is 23.4. The number of carbonyl (C=O) groups excluding carboxylic acids is 1. The van der Waals surface area contributed by atoms with Crippen molar-refractivity contribution in [2.45, 2.75) is 64.3 Å². The van der Waals surface area contributed by atoms with Gasteiger partial charge in [0.25, 0.3) is 11.5 Å². The average molecular weight is 726 g/mol. The summed E-state index contributed by atoms with van der Waals surface area (Å²) in [6, 6.07) is 3.52. The molecule has 0 saturated carbocycles. The summed E-state index contributed by atoms with van der Waals surface area (Å²) in [7, 11) is -1.44. The van der Waals surface area contributed by atoms with Crippen molar-refractivity contribution in [3.63, 3.8) is 0 Å². The van der Waals surface area contributed by atoms with Gasteiger partial charge in [-0.2, -0.15) is 31.4 Å². The van der Waals surface area contributed by atoms with E-state index in [2.05, 4.69) is 45.0 Å². The van der Waals surface area contributed by atoms with E-state index in [1.807, 2.05) is 0 Å². The van der Waals surface area contributed by atoms with Gasteiger partial charge in [0.1, 0.15) is 17.8 Å². The number of anilines is 2. The molecule has 4 aromatic heterocycles. The van der Waals surface area contributed by atoms with Crippen LogP contribution in [-0.2, 0) is 30.4 Å². The molecule has 0 aromatic carbocycles. The van der Waals surface area contributed by atoms with Gasteiger partial charge in [-0.05, 0) is 25.1 Å². The van der Waals surface area contributed by atoms with Crippen molar-refractivity contribution in [3.05, 3.63) is 70.2 Å². The third kappa shape index (κ3) is 8.61. The van der Waals surface area contributed by atoms with Crippen LogP contribution in [-0.4, -0.2) is 87.0 Å². The fourth-order valence-electron chi connectivity index (χ4n) is 5.44. The van der Waals surface area contributed by atoms with E-state index < -0.39 is 55.6 Å². The zero-order valence-corrected chi connectivity index (χ0v) is 28.8. The molecule has 1 N–H and O–H groups in total. The highest BCUT2D eigenvalue weighted by molar-refractivity contribution is 6.76. The Hall–Kier alpha value is -4.52. The predicted molar refractivity (Wildman–Crippen MR) is 176 cm³/mol. The van der Waals surface area contributed by atoms with Crippen molar-refractivity contribution in [1.29, 1.82) is 0 Å². The van der Waals surface area contributed by atoms with Crippen LogP contribution in [0, 0.1) is 0 Å². The number of piperazine rings is 1. The first-order valence-corrected chi connectivity index (χ1v) is 19.5. The Bertz CT molecular complexity index is 1870. The van der Waals surface area contributed by atoms with Crippen LogP contribution < -0.4 is 15.8 Å². The predicted octanol–water partition coefficient (Wildman–Crippen LogP) is 5.20. The molecule has 0 spiro atoms. The number of fused-ring (bicyclic) bond motifs is 1. The van der Waals surface area contributed by atoms with Crippen LogP contribution in [0.25, 0.3) is 11.0 Å². The molecule has 50 heavy (non-hydrogen) atoms. The van der Waals surface area contributed by atoms with Gasteiger partial charge in [0, 0.05) is 78.2 Å². The molecule has 5 rings (SSSR count). The average Bonchev–Trinajstić information content (AvgIpc) is 3.40. The van der Waals surface area contributed by atoms with Crippen molar-refractivity contribution in [2.24, 2.45) is 0 Å². The third-order valence-corrected chi connectivity index (χ3v) is 9.80. The van der Waals surface area contributed by atoms with Crippen molar-refractivity contribution in [1.82, 2.24) is 34.2 Å². The van der Waals surface area contributed by atoms with Gasteiger partial charge in [0.05, 0.1) is 28.5 Å². The van der Waals surface area contributed by atoms with E-state index in [4.69, 9.17) is 4.74 Å². The fraction of sp³-hybridized carbons (Fsp3) is 0.484. The minimum absolute atomic E-state index is 0.106. The molecule has 270 valence electrons. The summed E-state index contributed by atoms with van der Waals surface area (Å²) in [4.78, 5) is 41.9. The topological polar surface area (TPSA) is 123 Å². The quantitative estimate of drug-likeness (QED) is 0.126. The molecule has 0 bridgehead atoms. The lowest BCUT2D eigenvalue weighted by molar-refractivity contribution is -0.139. The van der Waals surface area contributed by atoms with Crippen LogP contribution in [0.15, 0.2) is 47.9 Å². The summed E-state index contributed by atoms with van der Waals surface area (Å²) in [6.07, 6.45) is -4.01. The minimum atomic E-state index is -4.96. The number of nitrogens with zero attached hydrogens (tertiary/aromatic N) is 8. The van der Waals surface area contributed by atoms with Crippen LogP contribution in [0.2, 0.25) is 25.7 Å². The largest absolute Gasteiger partial charge is 0.423 e. The number of pyridine rings is 1. The maximum Gasteiger partial charge on any atom is 0.423 e. The highest BCUT2D eigenvalue weighted by Gasteiger charge is 2.39. The number of alkyl halides is 6. The molecule has 4 aromatic rings. The number of nitrogens with one attached hydrogen (secondary N) is 1. The molecule has 1 atom stereocenters. The van der Waals surface area contributed by atoms with Gasteiger partial charge in [-0.25, -0.2) is 14.6 Å². The molecule has 1 saturated heterocycles. The molecular formula is C31H37F6N9O3Si. The van der Waals surface area contributed by atoms with Gasteiger partial charge >= 0.3 is 12.4 Å². The van der Waals surface area contributed by atoms with E-state index >= 15 is 0 Å². The summed E-state index contributed by atoms with van der Waals surface area (Å²) in [6.45, 7) is 9.07. The molecule has 1 aliphatic heterocycles. The number of halogens is 6. The Morgan fingerprint density at radius 1 is 1.00 bits per heavy atom. The SMILES string of the molecule is CC(Cn1cc(C(=O)N2CCN(c3ncc(C(F)(F)F)cn3)CC2)c2ncccc21)Nc1cnn(COCC[Si](C)(C)C)c(=O)c1C(F)(F)F. The van der Waals surface area contributed by atoms with Crippen molar-refractivity contribution < 1.29 is 35.9 Å². The normalized spacial score (nSPS) is 15.1. The molecule has 0 radical (unpaired) electrons. The van der Waals surface area contributed by atoms with E-state index in [1.54, 1.807) is 39.6 Å². The number of amides is 1. The van der Waals surface area contributed by atoms with Crippen LogP contribution in [0.3, 0.4) is 0 Å². The molecule has 1 aliphatic rings. The molecule has 1 fully saturated rings. The lowest BCUT2D eigenvalue weighted by atomic mass is 10.2. The van der Waals surface area contributed by atoms with Crippen molar-refractivity contribution in [2.75, 3.05) is 43.0 Å². The van der Waals surface area contributed by atoms with Gasteiger partial charge in [0.15, 0.2) is 0 Å². The zero-order chi connectivity index (χ0) is 36.4. The third-order valence-electron chi connectivity index (χ3n) is 8.09. The molecular weight excluding hydrogens is 688 g/mol. The lowest BCUT2D eigenvalue weighted by Crippen LogP contribution is -2.49. The first-order valence-electron chi connectivity index (χ1n) is 15.8. The Labute approximate surface area is 284 Å². The van der Waals surface area contributed by atoms with Crippen LogP contribution >= 0.6 is 0 Å². The summed E-state index contributed by atoms with van der Waals surface area (Å²) >= 11 is 0. The monoisotopic (exact) mass is 725 g/mol. The number of hydrogen-bond acceptors (Lipinski definition) is 9. The van der Waals surface area contributed by atoms with Gasteiger partial charge in [-0.1, -0.05) is 19.6 Å². The van der Waals surface area contributed by atoms with E-state index in [9.17, 15) is 35.9 Å². The Balaban J connectivity index is 1.28. The highest BCUT2D eigenvalue weighted by Crippen LogP contribution is 2.32. The Morgan fingerprint density at radius 2 is 1.68 bits per heavy atom. The number of ether oxygens (including phenoxy) is 1. The number of carbonyl (C=O) groups is 1. The van der Waals surface area contributed by atoms with E-state index in [0.717, 1.165) is 24.6 Å². The molecule has 1 unspecified atom stereocenters. The van der Waals surface area contributed by atoms with Crippen LogP contribution in [0.5, 0.6) is 0 Å². The number of hydrogen-bond donors (Lipinski definition) is 1. The fourth-order valence-corrected chi connectivity index (χ4v) is 6.20. The van der Waals surface area contributed by atoms with E-state index in [0.29, 0.717) is 22.3 Å². The van der Waals surface area contributed by atoms with Crippen LogP contribution in [0.4, 0.5) is 38.0 Å². The highest BCUT2D eigenvalue weighted by atomic mass is 28.3. The number of aromatic nitrogens is 6. The minimum Gasteiger partial charge on any atom is -0.379 e. The second-order valence-electron chi connectivity index (χ2n) is 13.2. The molecule has 5 heterocycles. The summed E-state index contributed by atoms with van der Waals surface area (Å²) in [5.41, 5.74) is -2.90. The standard InChI is InChI=1S/C31H37F6N9O3Si/c1-20(42-23-16-41-46(19-49-12-13-50(2,3)4)28(48)25(23)31(35,36)37)17-45-18-22(26-24(45)6-5-7-38-26)27(47)43-8-10-44(11-9-43)29-39-14-21(15-40-29)30(32,33)34/h5-7,14-16,18,20,42H,8-13,17,19H2,1-4H3. The van der Waals surface area contributed by atoms with Crippen molar-refractivity contribution >= 4 is 36.7 Å². The second kappa shape index (κ2) is 14.4. The Morgan fingerprint density at radius 3 is 2.30 bits per heavy atom. The summed E-state index contributed by atoms with van der Waals surface area (Å²) in [5, 5.41) is 6.69. The van der Waals surface area contributed by atoms with Gasteiger partial charge in [-0.3, -0.25) is 14.6 Å². The van der Waals surface area contributed by atoms with Gasteiger partial charge < -0.3 is 24.4 Å². The maximum atomic E-state index is 14.1. The number of rotatable bonds is 11. The molecule has 12 nitrogen and oxygen atoms in total. The van der Waals surface area contributed by atoms with Crippen LogP contribution in [0.1, 0.15) is 28.4 Å². The maximum absolute atomic E-state index is 14.1. The Kier molecular flexibility index (Phi) is 10.6. The summed E-state index contributed by atoms with van der Waals surface area (Å²) in [5.74, 6) is -0.211. The zero-order valence-electron chi connectivity index (χ0n) is 27.8. The van der Waals surface area contributed by atoms with Crippen molar-refractivity contribution in [3.8, 4) is 0 Å². The van der Waals surface area contributed by atoms with E-state index in [-0.39, 0.29) is 50.1 Å². The summed E-state index contributed by atoms with van der Waals surface area (Å²) < 4.78 is 88.9. The second-order valence-corrected chi connectivity index (χ2v) is 18.9. The molecule has 1 amide bonds. The van der Waals surface area contributed by atoms with E-state index in [1.165, 1.54) is 6.20 Å². The molecule has 0 aliphatic carbocycles. The van der Waals surface area contributed by atoms with Gasteiger partial charge in [0.2, 0.25) is 5.95 Å². The molecule has 19 heteroatoms. The van der Waals surface area contributed by atoms with Gasteiger partial charge in [-0.15, -0.1) is 0 Å². The first kappa shape index (κ1) is 36.7. The smallest absolute Gasteiger partial charge is 0.379 e.